The van der Waals surface area contributed by atoms with Crippen LogP contribution < -0.4 is 5.32 Å². The molecular formula is C23H29N5O5. The summed E-state index contributed by atoms with van der Waals surface area (Å²) in [6.07, 6.45) is 4.89. The van der Waals surface area contributed by atoms with Crippen molar-refractivity contribution in [2.75, 3.05) is 13.1 Å². The van der Waals surface area contributed by atoms with Crippen LogP contribution >= 0.6 is 0 Å². The average Bonchev–Trinajstić information content (AvgIpc) is 3.36. The summed E-state index contributed by atoms with van der Waals surface area (Å²) in [5, 5.41) is 11.7. The Hall–Kier alpha value is -3.43. The molecule has 33 heavy (non-hydrogen) atoms. The van der Waals surface area contributed by atoms with Crippen LogP contribution in [0.1, 0.15) is 62.2 Å². The molecule has 4 heterocycles. The van der Waals surface area contributed by atoms with E-state index in [4.69, 9.17) is 9.15 Å². The molecule has 2 aliphatic rings. The van der Waals surface area contributed by atoms with Gasteiger partial charge in [0.05, 0.1) is 17.9 Å². The number of amides is 2. The molecule has 2 aliphatic heterocycles. The number of carbonyl (C=O) groups is 3. The second-order valence-electron chi connectivity index (χ2n) is 9.39. The highest BCUT2D eigenvalue weighted by Gasteiger charge is 2.35. The molecule has 0 radical (unpaired) electrons. The number of ether oxygens (including phenoxy) is 1. The number of nitrogens with one attached hydrogen (secondary N) is 1. The summed E-state index contributed by atoms with van der Waals surface area (Å²) in [6, 6.07) is 1.24. The predicted molar refractivity (Wildman–Crippen MR) is 117 cm³/mol. The third-order valence-electron chi connectivity index (χ3n) is 5.85. The molecule has 1 N–H and O–H groups in total. The normalized spacial score (nSPS) is 18.8. The van der Waals surface area contributed by atoms with Crippen LogP contribution in [0.2, 0.25) is 0 Å². The van der Waals surface area contributed by atoms with Crippen molar-refractivity contribution in [3.05, 3.63) is 47.6 Å². The van der Waals surface area contributed by atoms with E-state index < -0.39 is 5.60 Å². The van der Waals surface area contributed by atoms with Gasteiger partial charge in [-0.05, 0) is 25.8 Å². The summed E-state index contributed by atoms with van der Waals surface area (Å²) in [6.45, 7) is 8.90. The number of hydrogen-bond donors (Lipinski definition) is 1. The lowest BCUT2D eigenvalue weighted by Gasteiger charge is -2.32. The van der Waals surface area contributed by atoms with Crippen LogP contribution in [0.15, 0.2) is 34.8 Å². The van der Waals surface area contributed by atoms with E-state index in [1.165, 1.54) is 18.6 Å². The van der Waals surface area contributed by atoms with E-state index in [2.05, 4.69) is 15.5 Å². The van der Waals surface area contributed by atoms with E-state index in [1.54, 1.807) is 24.8 Å². The van der Waals surface area contributed by atoms with Gasteiger partial charge in [-0.3, -0.25) is 14.4 Å². The second-order valence-corrected chi connectivity index (χ2v) is 9.39. The van der Waals surface area contributed by atoms with Crippen LogP contribution in [-0.2, 0) is 27.3 Å². The fourth-order valence-corrected chi connectivity index (χ4v) is 4.17. The Morgan fingerprint density at radius 2 is 1.97 bits per heavy atom. The average molecular weight is 456 g/mol. The zero-order valence-electron chi connectivity index (χ0n) is 19.3. The van der Waals surface area contributed by atoms with E-state index in [9.17, 15) is 14.4 Å². The molecular weight excluding hydrogens is 426 g/mol. The van der Waals surface area contributed by atoms with E-state index in [1.807, 2.05) is 18.4 Å². The van der Waals surface area contributed by atoms with E-state index in [0.717, 1.165) is 5.82 Å². The molecule has 176 valence electrons. The number of aromatic nitrogens is 3. The minimum atomic E-state index is -0.704. The van der Waals surface area contributed by atoms with Crippen LogP contribution in [-0.4, -0.2) is 56.0 Å². The first-order valence-electron chi connectivity index (χ1n) is 11.1. The molecule has 0 saturated carbocycles. The van der Waals surface area contributed by atoms with Crippen molar-refractivity contribution in [1.82, 2.24) is 25.0 Å². The zero-order chi connectivity index (χ0) is 23.8. The van der Waals surface area contributed by atoms with Gasteiger partial charge in [0, 0.05) is 38.6 Å². The van der Waals surface area contributed by atoms with Gasteiger partial charge in [-0.25, -0.2) is 0 Å². The highest BCUT2D eigenvalue weighted by molar-refractivity contribution is 6.01. The Morgan fingerprint density at radius 1 is 1.18 bits per heavy atom. The monoisotopic (exact) mass is 455 g/mol. The first kappa shape index (κ1) is 22.8. The van der Waals surface area contributed by atoms with Crippen molar-refractivity contribution in [2.45, 2.75) is 58.7 Å². The quantitative estimate of drug-likeness (QED) is 0.733. The Kier molecular flexibility index (Phi) is 6.09. The summed E-state index contributed by atoms with van der Waals surface area (Å²) in [5.74, 6) is 0.876. The van der Waals surface area contributed by atoms with Gasteiger partial charge >= 0.3 is 0 Å². The van der Waals surface area contributed by atoms with Gasteiger partial charge in [-0.2, -0.15) is 0 Å². The standard InChI is InChI=1S/C23H29N5O5/c1-14(2)19(24-21(30)15-6-10-32-13-15)20-26-25-18-5-7-27(8-9-28(18)20)22(31)17-11-16(29)12-23(3,4)33-17/h6,10-11,13-14,19H,5,7-9,12H2,1-4H3,(H,24,30). The molecule has 0 bridgehead atoms. The van der Waals surface area contributed by atoms with Crippen molar-refractivity contribution in [3.8, 4) is 0 Å². The van der Waals surface area contributed by atoms with Crippen LogP contribution in [0.3, 0.4) is 0 Å². The maximum atomic E-state index is 13.1. The molecule has 10 nitrogen and oxygen atoms in total. The van der Waals surface area contributed by atoms with Crippen LogP contribution in [0.25, 0.3) is 0 Å². The summed E-state index contributed by atoms with van der Waals surface area (Å²) in [5.41, 5.74) is -0.268. The molecule has 0 aliphatic carbocycles. The van der Waals surface area contributed by atoms with Gasteiger partial charge < -0.3 is 23.9 Å². The third kappa shape index (κ3) is 4.84. The van der Waals surface area contributed by atoms with Gasteiger partial charge in [-0.15, -0.1) is 10.2 Å². The molecule has 2 aromatic rings. The number of allylic oxidation sites excluding steroid dienone is 1. The molecule has 1 unspecified atom stereocenters. The lowest BCUT2D eigenvalue weighted by atomic mass is 9.98. The van der Waals surface area contributed by atoms with E-state index in [0.29, 0.717) is 37.4 Å². The molecule has 1 atom stereocenters. The number of ketones is 1. The number of carbonyl (C=O) groups excluding carboxylic acids is 3. The first-order chi connectivity index (χ1) is 15.6. The first-order valence-corrected chi connectivity index (χ1v) is 11.1. The molecule has 0 saturated heterocycles. The molecule has 4 rings (SSSR count). The predicted octanol–water partition coefficient (Wildman–Crippen LogP) is 2.03. The molecule has 2 amide bonds. The maximum absolute atomic E-state index is 13.1. The zero-order valence-corrected chi connectivity index (χ0v) is 19.3. The summed E-state index contributed by atoms with van der Waals surface area (Å²) >= 11 is 0. The summed E-state index contributed by atoms with van der Waals surface area (Å²) < 4.78 is 12.8. The van der Waals surface area contributed by atoms with Crippen LogP contribution in [0, 0.1) is 5.92 Å². The maximum Gasteiger partial charge on any atom is 0.289 e. The van der Waals surface area contributed by atoms with Crippen molar-refractivity contribution in [2.24, 2.45) is 5.92 Å². The Labute approximate surface area is 192 Å². The Balaban J connectivity index is 1.50. The van der Waals surface area contributed by atoms with E-state index in [-0.39, 0.29) is 41.7 Å². The summed E-state index contributed by atoms with van der Waals surface area (Å²) in [7, 11) is 0. The SMILES string of the molecule is CC(C)C(NC(=O)c1ccoc1)c1nnc2n1CCN(C(=O)C1=CC(=O)CC(C)(C)O1)CC2. The highest BCUT2D eigenvalue weighted by Crippen LogP contribution is 2.27. The smallest absolute Gasteiger partial charge is 0.289 e. The topological polar surface area (TPSA) is 120 Å². The fraction of sp³-hybridized carbons (Fsp3) is 0.522. The molecule has 0 spiro atoms. The molecule has 0 fully saturated rings. The Bertz CT molecular complexity index is 1080. The lowest BCUT2D eigenvalue weighted by molar-refractivity contribution is -0.138. The van der Waals surface area contributed by atoms with Gasteiger partial charge in [-0.1, -0.05) is 13.8 Å². The van der Waals surface area contributed by atoms with Crippen molar-refractivity contribution >= 4 is 17.6 Å². The van der Waals surface area contributed by atoms with Gasteiger partial charge in [0.25, 0.3) is 11.8 Å². The lowest BCUT2D eigenvalue weighted by Crippen LogP contribution is -2.40. The largest absolute Gasteiger partial charge is 0.481 e. The van der Waals surface area contributed by atoms with Gasteiger partial charge in [0.1, 0.15) is 17.7 Å². The minimum Gasteiger partial charge on any atom is -0.481 e. The highest BCUT2D eigenvalue weighted by atomic mass is 16.5. The Morgan fingerprint density at radius 3 is 2.64 bits per heavy atom. The molecule has 2 aromatic heterocycles. The summed E-state index contributed by atoms with van der Waals surface area (Å²) in [4.78, 5) is 39.4. The minimum absolute atomic E-state index is 0.0594. The third-order valence-corrected chi connectivity index (χ3v) is 5.85. The molecule has 0 aromatic carbocycles. The van der Waals surface area contributed by atoms with Gasteiger partial charge in [0.15, 0.2) is 17.4 Å². The van der Waals surface area contributed by atoms with Crippen molar-refractivity contribution in [1.29, 1.82) is 0 Å². The van der Waals surface area contributed by atoms with Gasteiger partial charge in [0.2, 0.25) is 0 Å². The van der Waals surface area contributed by atoms with E-state index >= 15 is 0 Å². The van der Waals surface area contributed by atoms with Crippen molar-refractivity contribution < 1.29 is 23.5 Å². The number of rotatable bonds is 5. The number of hydrogen-bond acceptors (Lipinski definition) is 7. The number of nitrogens with zero attached hydrogens (tertiary/aromatic N) is 4. The van der Waals surface area contributed by atoms with Crippen molar-refractivity contribution in [3.63, 3.8) is 0 Å². The second kappa shape index (κ2) is 8.84. The van der Waals surface area contributed by atoms with Crippen LogP contribution in [0.5, 0.6) is 0 Å². The fourth-order valence-electron chi connectivity index (χ4n) is 4.17. The van der Waals surface area contributed by atoms with Crippen LogP contribution in [0.4, 0.5) is 0 Å². The number of furan rings is 1. The molecule has 10 heteroatoms. The number of fused-ring (bicyclic) bond motifs is 1.